The summed E-state index contributed by atoms with van der Waals surface area (Å²) in [6, 6.07) is 0. The van der Waals surface area contributed by atoms with Gasteiger partial charge in [-0.3, -0.25) is 0 Å². The molecule has 0 aromatic rings. The molecular formula is C9H16O4. The Labute approximate surface area is 77.8 Å². The molecule has 1 atom stereocenters. The van der Waals surface area contributed by atoms with E-state index < -0.39 is 12.1 Å². The van der Waals surface area contributed by atoms with Crippen molar-refractivity contribution in [3.63, 3.8) is 0 Å². The van der Waals surface area contributed by atoms with Gasteiger partial charge in [-0.15, -0.1) is 0 Å². The third kappa shape index (κ3) is 5.38. The summed E-state index contributed by atoms with van der Waals surface area (Å²) in [5, 5.41) is 17.8. The lowest BCUT2D eigenvalue weighted by molar-refractivity contribution is -0.152. The van der Waals surface area contributed by atoms with E-state index in [-0.39, 0.29) is 19.6 Å². The molecule has 0 aliphatic carbocycles. The second-order valence-electron chi connectivity index (χ2n) is 2.70. The first-order valence-corrected chi connectivity index (χ1v) is 4.24. The summed E-state index contributed by atoms with van der Waals surface area (Å²) in [5.74, 6) is -0.637. The first kappa shape index (κ1) is 12.1. The molecule has 0 fully saturated rings. The van der Waals surface area contributed by atoms with E-state index in [1.54, 1.807) is 6.92 Å². The standard InChI is InChI=1S/C9H16O4/c1-3-13-9(12)8(11)6-7(2)4-5-10/h8,10-11H,2-6H2,1H3. The van der Waals surface area contributed by atoms with Gasteiger partial charge in [0.05, 0.1) is 6.61 Å². The number of carbonyl (C=O) groups excluding carboxylic acids is 1. The molecule has 0 aliphatic heterocycles. The topological polar surface area (TPSA) is 66.8 Å². The van der Waals surface area contributed by atoms with Gasteiger partial charge in [0.2, 0.25) is 0 Å². The summed E-state index contributed by atoms with van der Waals surface area (Å²) >= 11 is 0. The molecule has 4 nitrogen and oxygen atoms in total. The highest BCUT2D eigenvalue weighted by Crippen LogP contribution is 2.08. The molecule has 0 aromatic carbocycles. The zero-order chi connectivity index (χ0) is 10.3. The van der Waals surface area contributed by atoms with Crippen LogP contribution in [-0.2, 0) is 9.53 Å². The Morgan fingerprint density at radius 3 is 2.69 bits per heavy atom. The third-order valence-corrected chi connectivity index (χ3v) is 1.51. The number of rotatable bonds is 6. The Kier molecular flexibility index (Phi) is 6.18. The Balaban J connectivity index is 3.78. The molecular weight excluding hydrogens is 172 g/mol. The molecule has 0 amide bonds. The van der Waals surface area contributed by atoms with Crippen LogP contribution < -0.4 is 0 Å². The Hall–Kier alpha value is -0.870. The number of ether oxygens (including phenoxy) is 1. The molecule has 0 rings (SSSR count). The number of aliphatic hydroxyl groups excluding tert-OH is 2. The largest absolute Gasteiger partial charge is 0.464 e. The molecule has 0 aliphatic rings. The zero-order valence-electron chi connectivity index (χ0n) is 7.82. The maximum absolute atomic E-state index is 10.9. The summed E-state index contributed by atoms with van der Waals surface area (Å²) in [5.41, 5.74) is 0.642. The predicted octanol–water partition coefficient (Wildman–Crippen LogP) is 0.239. The van der Waals surface area contributed by atoms with Gasteiger partial charge < -0.3 is 14.9 Å². The van der Waals surface area contributed by atoms with E-state index in [4.69, 9.17) is 5.11 Å². The van der Waals surface area contributed by atoms with Gasteiger partial charge in [0.25, 0.3) is 0 Å². The van der Waals surface area contributed by atoms with Crippen LogP contribution in [0.5, 0.6) is 0 Å². The highest BCUT2D eigenvalue weighted by Gasteiger charge is 2.16. The van der Waals surface area contributed by atoms with Crippen molar-refractivity contribution in [2.24, 2.45) is 0 Å². The average molecular weight is 188 g/mol. The molecule has 13 heavy (non-hydrogen) atoms. The molecule has 1 unspecified atom stereocenters. The number of hydrogen-bond acceptors (Lipinski definition) is 4. The van der Waals surface area contributed by atoms with Crippen molar-refractivity contribution < 1.29 is 19.7 Å². The minimum absolute atomic E-state index is 0.0195. The van der Waals surface area contributed by atoms with Crippen LogP contribution in [0.15, 0.2) is 12.2 Å². The minimum Gasteiger partial charge on any atom is -0.464 e. The average Bonchev–Trinajstić information content (AvgIpc) is 2.05. The first-order chi connectivity index (χ1) is 6.11. The lowest BCUT2D eigenvalue weighted by Crippen LogP contribution is -2.23. The second kappa shape index (κ2) is 6.62. The van der Waals surface area contributed by atoms with Gasteiger partial charge in [0, 0.05) is 13.0 Å². The monoisotopic (exact) mass is 188 g/mol. The Bertz CT molecular complexity index is 176. The molecule has 0 radical (unpaired) electrons. The van der Waals surface area contributed by atoms with Crippen LogP contribution in [0, 0.1) is 0 Å². The minimum atomic E-state index is -1.15. The summed E-state index contributed by atoms with van der Waals surface area (Å²) < 4.78 is 4.59. The SMILES string of the molecule is C=C(CCO)CC(O)C(=O)OCC. The van der Waals surface area contributed by atoms with Crippen LogP contribution in [0.3, 0.4) is 0 Å². The van der Waals surface area contributed by atoms with Crippen LogP contribution in [0.1, 0.15) is 19.8 Å². The predicted molar refractivity (Wildman–Crippen MR) is 48.1 cm³/mol. The van der Waals surface area contributed by atoms with E-state index in [2.05, 4.69) is 11.3 Å². The highest BCUT2D eigenvalue weighted by atomic mass is 16.5. The third-order valence-electron chi connectivity index (χ3n) is 1.51. The fraction of sp³-hybridized carbons (Fsp3) is 0.667. The summed E-state index contributed by atoms with van der Waals surface area (Å²) in [7, 11) is 0. The van der Waals surface area contributed by atoms with E-state index in [1.807, 2.05) is 0 Å². The van der Waals surface area contributed by atoms with Crippen LogP contribution >= 0.6 is 0 Å². The fourth-order valence-corrected chi connectivity index (χ4v) is 0.855. The molecule has 4 heteroatoms. The Morgan fingerprint density at radius 1 is 1.62 bits per heavy atom. The lowest BCUT2D eigenvalue weighted by Gasteiger charge is -2.10. The summed E-state index contributed by atoms with van der Waals surface area (Å²) in [6.07, 6.45) is -0.602. The van der Waals surface area contributed by atoms with E-state index >= 15 is 0 Å². The number of carbonyl (C=O) groups is 1. The summed E-state index contributed by atoms with van der Waals surface area (Å²) in [4.78, 5) is 10.9. The van der Waals surface area contributed by atoms with Crippen LogP contribution in [-0.4, -0.2) is 35.5 Å². The van der Waals surface area contributed by atoms with Crippen LogP contribution in [0.25, 0.3) is 0 Å². The molecule has 0 saturated carbocycles. The number of aliphatic hydroxyl groups is 2. The van der Waals surface area contributed by atoms with E-state index in [0.29, 0.717) is 12.0 Å². The molecule has 0 saturated heterocycles. The van der Waals surface area contributed by atoms with Crippen molar-refractivity contribution in [2.45, 2.75) is 25.9 Å². The van der Waals surface area contributed by atoms with Crippen molar-refractivity contribution in [1.82, 2.24) is 0 Å². The molecule has 76 valence electrons. The van der Waals surface area contributed by atoms with Gasteiger partial charge in [0.15, 0.2) is 6.10 Å². The van der Waals surface area contributed by atoms with Gasteiger partial charge in [-0.1, -0.05) is 12.2 Å². The van der Waals surface area contributed by atoms with Crippen molar-refractivity contribution in [1.29, 1.82) is 0 Å². The number of esters is 1. The Morgan fingerprint density at radius 2 is 2.23 bits per heavy atom. The molecule has 0 bridgehead atoms. The van der Waals surface area contributed by atoms with E-state index in [9.17, 15) is 9.90 Å². The lowest BCUT2D eigenvalue weighted by atomic mass is 10.1. The van der Waals surface area contributed by atoms with Crippen molar-refractivity contribution in [3.05, 3.63) is 12.2 Å². The first-order valence-electron chi connectivity index (χ1n) is 4.24. The van der Waals surface area contributed by atoms with Crippen molar-refractivity contribution in [3.8, 4) is 0 Å². The van der Waals surface area contributed by atoms with Gasteiger partial charge in [-0.2, -0.15) is 0 Å². The van der Waals surface area contributed by atoms with Gasteiger partial charge in [-0.25, -0.2) is 4.79 Å². The maximum atomic E-state index is 10.9. The van der Waals surface area contributed by atoms with Gasteiger partial charge in [0.1, 0.15) is 0 Å². The molecule has 0 aromatic heterocycles. The van der Waals surface area contributed by atoms with Crippen molar-refractivity contribution >= 4 is 5.97 Å². The quantitative estimate of drug-likeness (QED) is 0.463. The maximum Gasteiger partial charge on any atom is 0.335 e. The van der Waals surface area contributed by atoms with E-state index in [1.165, 1.54) is 0 Å². The van der Waals surface area contributed by atoms with Crippen molar-refractivity contribution in [2.75, 3.05) is 13.2 Å². The zero-order valence-corrected chi connectivity index (χ0v) is 7.82. The molecule has 0 spiro atoms. The number of hydrogen-bond donors (Lipinski definition) is 2. The molecule has 2 N–H and O–H groups in total. The van der Waals surface area contributed by atoms with Crippen LogP contribution in [0.2, 0.25) is 0 Å². The second-order valence-corrected chi connectivity index (χ2v) is 2.70. The smallest absolute Gasteiger partial charge is 0.335 e. The van der Waals surface area contributed by atoms with Crippen LogP contribution in [0.4, 0.5) is 0 Å². The summed E-state index contributed by atoms with van der Waals surface area (Å²) in [6.45, 7) is 5.51. The molecule has 0 heterocycles. The van der Waals surface area contributed by atoms with Gasteiger partial charge >= 0.3 is 5.97 Å². The fourth-order valence-electron chi connectivity index (χ4n) is 0.855. The highest BCUT2D eigenvalue weighted by molar-refractivity contribution is 5.74. The normalized spacial score (nSPS) is 12.2. The van der Waals surface area contributed by atoms with E-state index in [0.717, 1.165) is 0 Å². The van der Waals surface area contributed by atoms with Gasteiger partial charge in [-0.05, 0) is 13.3 Å².